The summed E-state index contributed by atoms with van der Waals surface area (Å²) >= 11 is 0. The summed E-state index contributed by atoms with van der Waals surface area (Å²) < 4.78 is 11.4. The number of ether oxygens (including phenoxy) is 2. The number of hydrogen-bond donors (Lipinski definition) is 1. The molecule has 0 fully saturated rings. The van der Waals surface area contributed by atoms with E-state index in [2.05, 4.69) is 10.2 Å². The second-order valence-corrected chi connectivity index (χ2v) is 8.78. The summed E-state index contributed by atoms with van der Waals surface area (Å²) in [4.78, 5) is 29.1. The fourth-order valence-electron chi connectivity index (χ4n) is 3.87. The highest BCUT2D eigenvalue weighted by molar-refractivity contribution is 6.06. The average molecular weight is 474 g/mol. The number of benzene rings is 3. The third kappa shape index (κ3) is 6.61. The quantitative estimate of drug-likeness (QED) is 0.436. The van der Waals surface area contributed by atoms with Crippen LogP contribution in [0.5, 0.6) is 11.5 Å². The molecule has 0 aromatic heterocycles. The van der Waals surface area contributed by atoms with Gasteiger partial charge >= 0.3 is 0 Å². The van der Waals surface area contributed by atoms with Gasteiger partial charge in [0.05, 0.1) is 5.69 Å². The fraction of sp³-hybridized carbons (Fsp3) is 0.286. The molecule has 182 valence electrons. The van der Waals surface area contributed by atoms with E-state index >= 15 is 0 Å². The topological polar surface area (TPSA) is 71.1 Å². The summed E-state index contributed by atoms with van der Waals surface area (Å²) in [6.07, 6.45) is 1.90. The lowest BCUT2D eigenvalue weighted by atomic mass is 10.1. The maximum absolute atomic E-state index is 12.8. The molecule has 1 aliphatic rings. The molecule has 0 radical (unpaired) electrons. The zero-order valence-corrected chi connectivity index (χ0v) is 20.2. The Hall–Kier alpha value is -3.84. The second kappa shape index (κ2) is 11.5. The molecule has 7 heteroatoms. The smallest absolute Gasteiger partial charge is 0.265 e. The van der Waals surface area contributed by atoms with E-state index in [1.54, 1.807) is 35.2 Å². The first kappa shape index (κ1) is 24.3. The first-order valence-corrected chi connectivity index (χ1v) is 11.8. The molecule has 0 aliphatic carbocycles. The van der Waals surface area contributed by atoms with Crippen LogP contribution in [0.4, 0.5) is 11.4 Å². The van der Waals surface area contributed by atoms with Gasteiger partial charge in [-0.2, -0.15) is 0 Å². The molecule has 35 heavy (non-hydrogen) atoms. The van der Waals surface area contributed by atoms with Crippen molar-refractivity contribution in [3.63, 3.8) is 0 Å². The van der Waals surface area contributed by atoms with E-state index < -0.39 is 0 Å². The summed E-state index contributed by atoms with van der Waals surface area (Å²) in [5.41, 5.74) is 2.93. The van der Waals surface area contributed by atoms with E-state index in [1.165, 1.54) is 0 Å². The number of nitrogens with one attached hydrogen (secondary N) is 1. The molecular weight excluding hydrogens is 442 g/mol. The minimum atomic E-state index is -0.246. The third-order valence-electron chi connectivity index (χ3n) is 5.76. The van der Waals surface area contributed by atoms with E-state index in [0.717, 1.165) is 30.7 Å². The average Bonchev–Trinajstić information content (AvgIpc) is 2.87. The number of carbonyl (C=O) groups is 2. The zero-order valence-electron chi connectivity index (χ0n) is 20.2. The van der Waals surface area contributed by atoms with Crippen LogP contribution in [0, 0.1) is 0 Å². The Balaban J connectivity index is 1.35. The lowest BCUT2D eigenvalue weighted by molar-refractivity contribution is -0.121. The van der Waals surface area contributed by atoms with Crippen molar-refractivity contribution in [2.24, 2.45) is 0 Å². The van der Waals surface area contributed by atoms with Gasteiger partial charge in [-0.05, 0) is 81.5 Å². The van der Waals surface area contributed by atoms with Crippen LogP contribution in [0.2, 0.25) is 0 Å². The van der Waals surface area contributed by atoms with Crippen molar-refractivity contribution in [1.82, 2.24) is 4.90 Å². The Kier molecular flexibility index (Phi) is 8.00. The molecule has 0 bridgehead atoms. The van der Waals surface area contributed by atoms with Crippen molar-refractivity contribution in [2.45, 2.75) is 19.4 Å². The van der Waals surface area contributed by atoms with Gasteiger partial charge in [-0.15, -0.1) is 0 Å². The van der Waals surface area contributed by atoms with E-state index in [4.69, 9.17) is 9.47 Å². The minimum absolute atomic E-state index is 0.0177. The van der Waals surface area contributed by atoms with Crippen molar-refractivity contribution in [3.8, 4) is 11.5 Å². The van der Waals surface area contributed by atoms with Gasteiger partial charge in [0.2, 0.25) is 0 Å². The summed E-state index contributed by atoms with van der Waals surface area (Å²) in [6, 6.07) is 22.4. The van der Waals surface area contributed by atoms with Crippen molar-refractivity contribution in [2.75, 3.05) is 44.0 Å². The van der Waals surface area contributed by atoms with E-state index in [-0.39, 0.29) is 18.4 Å². The van der Waals surface area contributed by atoms with Crippen LogP contribution >= 0.6 is 0 Å². The van der Waals surface area contributed by atoms with Gasteiger partial charge in [-0.3, -0.25) is 9.59 Å². The van der Waals surface area contributed by atoms with Gasteiger partial charge in [-0.1, -0.05) is 30.3 Å². The second-order valence-electron chi connectivity index (χ2n) is 8.78. The largest absolute Gasteiger partial charge is 0.489 e. The number of carbonyl (C=O) groups excluding carboxylic acids is 2. The molecule has 3 aromatic carbocycles. The van der Waals surface area contributed by atoms with Gasteiger partial charge in [0.25, 0.3) is 11.8 Å². The Labute approximate surface area is 206 Å². The number of unbranched alkanes of at least 4 members (excludes halogenated alkanes) is 1. The van der Waals surface area contributed by atoms with Crippen LogP contribution in [0.25, 0.3) is 0 Å². The predicted octanol–water partition coefficient (Wildman–Crippen LogP) is 4.59. The lowest BCUT2D eigenvalue weighted by Crippen LogP contribution is -2.39. The van der Waals surface area contributed by atoms with Crippen LogP contribution in [-0.2, 0) is 11.4 Å². The van der Waals surface area contributed by atoms with Gasteiger partial charge in [0.15, 0.2) is 6.61 Å². The van der Waals surface area contributed by atoms with E-state index in [1.807, 2.05) is 56.6 Å². The molecule has 0 saturated heterocycles. The maximum Gasteiger partial charge on any atom is 0.265 e. The molecule has 0 spiro atoms. The molecule has 2 amide bonds. The molecule has 4 rings (SSSR count). The SMILES string of the molecule is CN(C)CCCCN1C(=O)COc2cc(C(=O)Nc3ccc(OCc4ccccc4)cc3)ccc21. The van der Waals surface area contributed by atoms with Gasteiger partial charge in [-0.25, -0.2) is 0 Å². The normalized spacial score (nSPS) is 12.8. The first-order valence-electron chi connectivity index (χ1n) is 11.8. The van der Waals surface area contributed by atoms with Crippen LogP contribution in [0.3, 0.4) is 0 Å². The fourth-order valence-corrected chi connectivity index (χ4v) is 3.87. The molecule has 0 atom stereocenters. The molecule has 0 unspecified atom stereocenters. The molecule has 1 heterocycles. The van der Waals surface area contributed by atoms with Crippen molar-refractivity contribution in [1.29, 1.82) is 0 Å². The summed E-state index contributed by atoms with van der Waals surface area (Å²) in [5.74, 6) is 0.969. The summed E-state index contributed by atoms with van der Waals surface area (Å²) in [5, 5.41) is 2.90. The van der Waals surface area contributed by atoms with Gasteiger partial charge < -0.3 is 24.6 Å². The number of fused-ring (bicyclic) bond motifs is 1. The molecule has 3 aromatic rings. The van der Waals surface area contributed by atoms with Crippen LogP contribution in [0.15, 0.2) is 72.8 Å². The Morgan fingerprint density at radius 3 is 2.54 bits per heavy atom. The standard InChI is InChI=1S/C28H31N3O4/c1-30(2)16-6-7-17-31-25-15-10-22(18-26(25)35-20-27(31)32)28(33)29-23-11-13-24(14-12-23)34-19-21-8-4-3-5-9-21/h3-5,8-15,18H,6-7,16-17,19-20H2,1-2H3,(H,29,33). The van der Waals surface area contributed by atoms with Crippen molar-refractivity contribution < 1.29 is 19.1 Å². The number of rotatable bonds is 10. The Bertz CT molecular complexity index is 1150. The molecule has 1 N–H and O–H groups in total. The van der Waals surface area contributed by atoms with Gasteiger partial charge in [0, 0.05) is 17.8 Å². The zero-order chi connectivity index (χ0) is 24.6. The Morgan fingerprint density at radius 1 is 1.03 bits per heavy atom. The molecular formula is C28H31N3O4. The minimum Gasteiger partial charge on any atom is -0.489 e. The summed E-state index contributed by atoms with van der Waals surface area (Å²) in [7, 11) is 4.08. The summed E-state index contributed by atoms with van der Waals surface area (Å²) in [6.45, 7) is 2.07. The Morgan fingerprint density at radius 2 is 1.80 bits per heavy atom. The first-order chi connectivity index (χ1) is 17.0. The number of amides is 2. The monoisotopic (exact) mass is 473 g/mol. The van der Waals surface area contributed by atoms with Crippen LogP contribution < -0.4 is 19.7 Å². The molecule has 1 aliphatic heterocycles. The van der Waals surface area contributed by atoms with Crippen LogP contribution in [-0.4, -0.2) is 50.5 Å². The van der Waals surface area contributed by atoms with Gasteiger partial charge in [0.1, 0.15) is 18.1 Å². The van der Waals surface area contributed by atoms with E-state index in [9.17, 15) is 9.59 Å². The maximum atomic E-state index is 12.8. The third-order valence-corrected chi connectivity index (χ3v) is 5.76. The molecule has 0 saturated carbocycles. The highest BCUT2D eigenvalue weighted by Crippen LogP contribution is 2.33. The van der Waals surface area contributed by atoms with E-state index in [0.29, 0.717) is 35.8 Å². The van der Waals surface area contributed by atoms with Crippen molar-refractivity contribution >= 4 is 23.2 Å². The number of nitrogens with zero attached hydrogens (tertiary/aromatic N) is 2. The number of hydrogen-bond acceptors (Lipinski definition) is 5. The lowest BCUT2D eigenvalue weighted by Gasteiger charge is -2.29. The highest BCUT2D eigenvalue weighted by Gasteiger charge is 2.26. The van der Waals surface area contributed by atoms with Crippen LogP contribution in [0.1, 0.15) is 28.8 Å². The molecule has 7 nitrogen and oxygen atoms in total. The number of anilines is 2. The highest BCUT2D eigenvalue weighted by atomic mass is 16.5. The predicted molar refractivity (Wildman–Crippen MR) is 137 cm³/mol. The van der Waals surface area contributed by atoms with Crippen molar-refractivity contribution in [3.05, 3.63) is 83.9 Å².